The number of hydrogen-bond donors (Lipinski definition) is 0. The molecule has 0 saturated heterocycles. The van der Waals surface area contributed by atoms with Crippen LogP contribution in [0.5, 0.6) is 0 Å². The Labute approximate surface area is 448 Å². The summed E-state index contributed by atoms with van der Waals surface area (Å²) in [5, 5.41) is 12.4. The molecule has 0 amide bonds. The third-order valence-electron chi connectivity index (χ3n) is 14.0. The fourth-order valence-electron chi connectivity index (χ4n) is 10.4. The molecule has 74 heavy (non-hydrogen) atoms. The van der Waals surface area contributed by atoms with E-state index >= 15 is 0 Å². The van der Waals surface area contributed by atoms with Crippen molar-refractivity contribution in [3.05, 3.63) is 261 Å². The van der Waals surface area contributed by atoms with Crippen LogP contribution >= 0.6 is 11.3 Å². The third kappa shape index (κ3) is 8.41. The van der Waals surface area contributed by atoms with E-state index in [2.05, 4.69) is 184 Å². The van der Waals surface area contributed by atoms with Gasteiger partial charge in [0.25, 0.3) is 0 Å². The Hall–Kier alpha value is -8.58. The fraction of sp³-hybridized carbons (Fsp3) is 0.0299. The second-order valence-corrected chi connectivity index (χ2v) is 19.3. The van der Waals surface area contributed by atoms with Crippen molar-refractivity contribution in [2.24, 2.45) is 0 Å². The molecule has 0 bridgehead atoms. The molecule has 4 heterocycles. The minimum absolute atomic E-state index is 0. The summed E-state index contributed by atoms with van der Waals surface area (Å²) < 4.78 is 6.48. The molecule has 0 radical (unpaired) electrons. The molecule has 0 saturated carbocycles. The van der Waals surface area contributed by atoms with Crippen LogP contribution in [0.2, 0.25) is 0 Å². The zero-order valence-corrected chi connectivity index (χ0v) is 43.6. The van der Waals surface area contributed by atoms with Crippen LogP contribution in [0.15, 0.2) is 231 Å². The van der Waals surface area contributed by atoms with Crippen molar-refractivity contribution in [3.63, 3.8) is 0 Å². The average molecular weight is 1140 g/mol. The molecule has 0 aliphatic carbocycles. The van der Waals surface area contributed by atoms with E-state index in [1.807, 2.05) is 99.8 Å². The van der Waals surface area contributed by atoms with Crippen LogP contribution in [0.1, 0.15) is 11.4 Å². The number of benzene rings is 9. The number of pyridine rings is 1. The number of nitrogens with zero attached hydrogens (tertiary/aromatic N) is 5. The van der Waals surface area contributed by atoms with Crippen molar-refractivity contribution in [1.82, 2.24) is 24.5 Å². The molecule has 13 aromatic rings. The van der Waals surface area contributed by atoms with Crippen LogP contribution in [0.4, 0.5) is 0 Å². The van der Waals surface area contributed by atoms with Crippen molar-refractivity contribution in [2.45, 2.75) is 13.8 Å². The van der Waals surface area contributed by atoms with Gasteiger partial charge in [0, 0.05) is 54.4 Å². The molecule has 5 nitrogen and oxygen atoms in total. The molecule has 0 aliphatic rings. The standard InChI is InChI=1S/C67H44N5S.Ir/c1-44-62(42-69-71(44)51-22-8-4-9-23-51)56-29-15-12-26-53(56)48-36-49(54-27-13-16-30-57(54)63-43-70-72(45(63)2)52-24-10-5-11-25-52)38-50(37-48)55-28-14-17-31-58(55)64-41-68-65(46-20-6-3-7-21-46)40-61(64)47-34-35-60-59-32-18-19-33-66(59)73-67(60)39-47;/h3-20,22,24,26-43H,1-2H3;/q-3;+3. The Morgan fingerprint density at radius 2 is 0.838 bits per heavy atom. The Balaban J connectivity index is 0.00000556. The van der Waals surface area contributed by atoms with E-state index in [4.69, 9.17) is 15.2 Å². The van der Waals surface area contributed by atoms with Gasteiger partial charge in [0.05, 0.1) is 12.4 Å². The van der Waals surface area contributed by atoms with E-state index < -0.39 is 0 Å². The maximum atomic E-state index is 5.18. The van der Waals surface area contributed by atoms with Gasteiger partial charge in [-0.05, 0) is 122 Å². The maximum Gasteiger partial charge on any atom is 3.00 e. The Kier molecular flexibility index (Phi) is 12.4. The summed E-state index contributed by atoms with van der Waals surface area (Å²) >= 11 is 1.84. The number of aromatic nitrogens is 5. The van der Waals surface area contributed by atoms with Gasteiger partial charge in [-0.2, -0.15) is 58.7 Å². The normalized spacial score (nSPS) is 11.3. The van der Waals surface area contributed by atoms with Gasteiger partial charge in [-0.3, -0.25) is 9.36 Å². The Bertz CT molecular complexity index is 4030. The second-order valence-electron chi connectivity index (χ2n) is 18.2. The monoisotopic (exact) mass is 1140 g/mol. The van der Waals surface area contributed by atoms with Gasteiger partial charge in [0.15, 0.2) is 0 Å². The molecule has 13 rings (SSSR count). The Morgan fingerprint density at radius 3 is 1.36 bits per heavy atom. The van der Waals surface area contributed by atoms with Crippen molar-refractivity contribution in [1.29, 1.82) is 0 Å². The summed E-state index contributed by atoms with van der Waals surface area (Å²) in [5.74, 6) is 0. The first-order chi connectivity index (χ1) is 36.0. The number of rotatable bonds is 10. The van der Waals surface area contributed by atoms with Gasteiger partial charge < -0.3 is 4.98 Å². The largest absolute Gasteiger partial charge is 3.00 e. The predicted molar refractivity (Wildman–Crippen MR) is 301 cm³/mol. The van der Waals surface area contributed by atoms with E-state index in [9.17, 15) is 0 Å². The van der Waals surface area contributed by atoms with Crippen molar-refractivity contribution < 1.29 is 20.1 Å². The van der Waals surface area contributed by atoms with Gasteiger partial charge in [0.1, 0.15) is 0 Å². The van der Waals surface area contributed by atoms with Crippen LogP contribution in [0, 0.1) is 32.0 Å². The smallest absolute Gasteiger partial charge is 0.304 e. The molecule has 4 aromatic heterocycles. The average Bonchev–Trinajstić information content (AvgIpc) is 4.17. The summed E-state index contributed by atoms with van der Waals surface area (Å²) in [5.41, 5.74) is 20.9. The van der Waals surface area contributed by atoms with Crippen LogP contribution < -0.4 is 0 Å². The first kappa shape index (κ1) is 46.5. The summed E-state index contributed by atoms with van der Waals surface area (Å²) in [4.78, 5) is 5.18. The van der Waals surface area contributed by atoms with Gasteiger partial charge in [-0.15, -0.1) is 59.4 Å². The van der Waals surface area contributed by atoms with Gasteiger partial charge >= 0.3 is 20.1 Å². The topological polar surface area (TPSA) is 48.5 Å². The van der Waals surface area contributed by atoms with Crippen molar-refractivity contribution in [2.75, 3.05) is 0 Å². The maximum absolute atomic E-state index is 5.18. The van der Waals surface area contributed by atoms with Gasteiger partial charge in [0.2, 0.25) is 0 Å². The summed E-state index contributed by atoms with van der Waals surface area (Å²) in [7, 11) is 0. The first-order valence-corrected chi connectivity index (χ1v) is 25.2. The number of thiophene rings is 1. The molecule has 7 heteroatoms. The van der Waals surface area contributed by atoms with Crippen LogP contribution in [-0.4, -0.2) is 24.5 Å². The molecular formula is C67H44IrN5S. The van der Waals surface area contributed by atoms with E-state index in [0.29, 0.717) is 0 Å². The third-order valence-corrected chi connectivity index (χ3v) is 15.1. The number of para-hydroxylation sites is 2. The number of fused-ring (bicyclic) bond motifs is 3. The van der Waals surface area contributed by atoms with E-state index in [-0.39, 0.29) is 20.1 Å². The van der Waals surface area contributed by atoms with E-state index in [0.717, 1.165) is 112 Å². The summed E-state index contributed by atoms with van der Waals surface area (Å²) in [6.45, 7) is 4.27. The zero-order chi connectivity index (χ0) is 48.8. The van der Waals surface area contributed by atoms with Crippen molar-refractivity contribution in [3.8, 4) is 101 Å². The van der Waals surface area contributed by atoms with Crippen LogP contribution in [0.25, 0.3) is 121 Å². The van der Waals surface area contributed by atoms with E-state index in [1.165, 1.54) is 20.2 Å². The Morgan fingerprint density at radius 1 is 0.365 bits per heavy atom. The molecule has 0 atom stereocenters. The van der Waals surface area contributed by atoms with Crippen LogP contribution in [-0.2, 0) is 20.1 Å². The quantitative estimate of drug-likeness (QED) is 0.128. The molecule has 0 fully saturated rings. The molecule has 0 N–H and O–H groups in total. The first-order valence-electron chi connectivity index (χ1n) is 24.4. The van der Waals surface area contributed by atoms with Gasteiger partial charge in [-0.1, -0.05) is 109 Å². The second kappa shape index (κ2) is 19.8. The zero-order valence-electron chi connectivity index (χ0n) is 40.4. The van der Waals surface area contributed by atoms with E-state index in [1.54, 1.807) is 0 Å². The SMILES string of the molecule is Cc1c(-c2ccccc2-c2cc(-c3ccccc3-c3cnc(-c4[c-]cccc4)cc3-c3ccc4c(c3)sc3ccccc34)cc(-c3ccccc3-c3cnn(-c4[c-]cccc4)c3C)c2)cnn1-c1[c-]cccc1.[Ir+3]. The summed E-state index contributed by atoms with van der Waals surface area (Å²) in [6.07, 6.45) is 6.02. The molecule has 352 valence electrons. The molecule has 0 unspecified atom stereocenters. The molecule has 0 aliphatic heterocycles. The predicted octanol–water partition coefficient (Wildman–Crippen LogP) is 17.2. The molecular weight excluding hydrogens is 1100 g/mol. The fourth-order valence-corrected chi connectivity index (χ4v) is 11.5. The number of hydrogen-bond acceptors (Lipinski definition) is 4. The molecule has 9 aromatic carbocycles. The minimum atomic E-state index is 0. The molecule has 0 spiro atoms. The minimum Gasteiger partial charge on any atom is -0.304 e. The van der Waals surface area contributed by atoms with Gasteiger partial charge in [-0.25, -0.2) is 0 Å². The van der Waals surface area contributed by atoms with Crippen LogP contribution in [0.3, 0.4) is 0 Å². The van der Waals surface area contributed by atoms with Crippen molar-refractivity contribution >= 4 is 31.5 Å². The summed E-state index contributed by atoms with van der Waals surface area (Å²) in [6, 6.07) is 85.3.